The van der Waals surface area contributed by atoms with E-state index in [1.165, 1.54) is 12.0 Å². The second-order valence-corrected chi connectivity index (χ2v) is 4.65. The van der Waals surface area contributed by atoms with E-state index in [4.69, 9.17) is 0 Å². The van der Waals surface area contributed by atoms with Gasteiger partial charge in [-0.05, 0) is 19.9 Å². The monoisotopic (exact) mass is 212 g/mol. The number of nitrogens with one attached hydrogen (secondary N) is 1. The third-order valence-electron chi connectivity index (χ3n) is 2.63. The van der Waals surface area contributed by atoms with Crippen LogP contribution in [0.3, 0.4) is 0 Å². The predicted molar refractivity (Wildman–Crippen MR) is 69.3 cm³/mol. The highest BCUT2D eigenvalue weighted by Gasteiger charge is 2.14. The van der Waals surface area contributed by atoms with Crippen LogP contribution in [-0.4, -0.2) is 36.6 Å². The zero-order valence-corrected chi connectivity index (χ0v) is 11.1. The van der Waals surface area contributed by atoms with Gasteiger partial charge in [-0.25, -0.2) is 0 Å². The summed E-state index contributed by atoms with van der Waals surface area (Å²) in [5.41, 5.74) is 1.25. The van der Waals surface area contributed by atoms with Crippen LogP contribution in [0.25, 0.3) is 0 Å². The van der Waals surface area contributed by atoms with Crippen molar-refractivity contribution in [2.75, 3.05) is 19.6 Å². The Morgan fingerprint density at radius 2 is 1.93 bits per heavy atom. The van der Waals surface area contributed by atoms with E-state index in [0.29, 0.717) is 12.1 Å². The highest BCUT2D eigenvalue weighted by atomic mass is 15.2. The van der Waals surface area contributed by atoms with Gasteiger partial charge in [-0.15, -0.1) is 0 Å². The Bertz CT molecular complexity index is 175. The van der Waals surface area contributed by atoms with Crippen molar-refractivity contribution in [1.82, 2.24) is 10.2 Å². The quantitative estimate of drug-likeness (QED) is 0.622. The molecule has 0 saturated heterocycles. The van der Waals surface area contributed by atoms with Crippen LogP contribution in [-0.2, 0) is 0 Å². The van der Waals surface area contributed by atoms with E-state index in [1.807, 2.05) is 0 Å². The molecule has 0 aromatic rings. The lowest BCUT2D eigenvalue weighted by Crippen LogP contribution is -2.44. The second-order valence-electron chi connectivity index (χ2n) is 4.65. The molecule has 15 heavy (non-hydrogen) atoms. The molecule has 0 amide bonds. The third-order valence-corrected chi connectivity index (χ3v) is 2.63. The molecule has 2 nitrogen and oxygen atoms in total. The molecule has 1 N–H and O–H groups in total. The number of rotatable bonds is 8. The van der Waals surface area contributed by atoms with Crippen LogP contribution in [0.5, 0.6) is 0 Å². The average molecular weight is 212 g/mol. The Labute approximate surface area is 95.7 Å². The Hall–Kier alpha value is -0.340. The van der Waals surface area contributed by atoms with Crippen molar-refractivity contribution in [3.63, 3.8) is 0 Å². The maximum absolute atomic E-state index is 3.99. The topological polar surface area (TPSA) is 15.3 Å². The van der Waals surface area contributed by atoms with Crippen LogP contribution in [0.1, 0.15) is 41.0 Å². The van der Waals surface area contributed by atoms with Gasteiger partial charge in [-0.3, -0.25) is 4.90 Å². The summed E-state index contributed by atoms with van der Waals surface area (Å²) in [7, 11) is 0. The Balaban J connectivity index is 4.14. The van der Waals surface area contributed by atoms with Gasteiger partial charge in [0.15, 0.2) is 0 Å². The van der Waals surface area contributed by atoms with Gasteiger partial charge in [0.25, 0.3) is 0 Å². The van der Waals surface area contributed by atoms with Crippen molar-refractivity contribution in [2.24, 2.45) is 0 Å². The molecule has 2 heteroatoms. The van der Waals surface area contributed by atoms with Gasteiger partial charge in [0.05, 0.1) is 0 Å². The van der Waals surface area contributed by atoms with Crippen molar-refractivity contribution in [3.05, 3.63) is 12.2 Å². The molecule has 0 rings (SSSR count). The zero-order valence-electron chi connectivity index (χ0n) is 11.1. The van der Waals surface area contributed by atoms with E-state index in [2.05, 4.69) is 51.4 Å². The van der Waals surface area contributed by atoms with Crippen molar-refractivity contribution >= 4 is 0 Å². The van der Waals surface area contributed by atoms with E-state index < -0.39 is 0 Å². The van der Waals surface area contributed by atoms with Gasteiger partial charge in [-0.2, -0.15) is 0 Å². The summed E-state index contributed by atoms with van der Waals surface area (Å²) in [4.78, 5) is 2.50. The van der Waals surface area contributed by atoms with Crippen molar-refractivity contribution in [3.8, 4) is 0 Å². The molecule has 0 spiro atoms. The Morgan fingerprint density at radius 3 is 2.27 bits per heavy atom. The molecule has 0 radical (unpaired) electrons. The smallest absolute Gasteiger partial charge is 0.0221 e. The SMILES string of the molecule is C=C(C)CN(CC)C(CC)CNC(C)C. The lowest BCUT2D eigenvalue weighted by Gasteiger charge is -2.31. The first kappa shape index (κ1) is 14.7. The van der Waals surface area contributed by atoms with Crippen molar-refractivity contribution in [2.45, 2.75) is 53.1 Å². The van der Waals surface area contributed by atoms with E-state index in [1.54, 1.807) is 0 Å². The summed E-state index contributed by atoms with van der Waals surface area (Å²) in [6.07, 6.45) is 1.20. The zero-order chi connectivity index (χ0) is 11.8. The molecule has 0 aromatic carbocycles. The van der Waals surface area contributed by atoms with Gasteiger partial charge in [0.2, 0.25) is 0 Å². The minimum Gasteiger partial charge on any atom is -0.313 e. The first-order chi connectivity index (χ1) is 7.01. The molecule has 0 aliphatic carbocycles. The van der Waals surface area contributed by atoms with Crippen LogP contribution in [0.15, 0.2) is 12.2 Å². The van der Waals surface area contributed by atoms with Crippen LogP contribution in [0.2, 0.25) is 0 Å². The Morgan fingerprint density at radius 1 is 1.33 bits per heavy atom. The summed E-state index contributed by atoms with van der Waals surface area (Å²) in [6, 6.07) is 1.21. The van der Waals surface area contributed by atoms with Gasteiger partial charge in [0.1, 0.15) is 0 Å². The van der Waals surface area contributed by atoms with Gasteiger partial charge in [0, 0.05) is 25.2 Å². The minimum atomic E-state index is 0.572. The molecule has 90 valence electrons. The number of hydrogen-bond acceptors (Lipinski definition) is 2. The first-order valence-electron chi connectivity index (χ1n) is 6.13. The van der Waals surface area contributed by atoms with E-state index in [0.717, 1.165) is 19.6 Å². The maximum Gasteiger partial charge on any atom is 0.0221 e. The van der Waals surface area contributed by atoms with Crippen LogP contribution >= 0.6 is 0 Å². The van der Waals surface area contributed by atoms with E-state index in [9.17, 15) is 0 Å². The van der Waals surface area contributed by atoms with Crippen LogP contribution in [0, 0.1) is 0 Å². The molecule has 0 bridgehead atoms. The predicted octanol–water partition coefficient (Wildman–Crippen LogP) is 2.66. The van der Waals surface area contributed by atoms with Gasteiger partial charge < -0.3 is 5.32 Å². The second kappa shape index (κ2) is 7.89. The molecule has 0 aliphatic rings. The molecule has 1 unspecified atom stereocenters. The van der Waals surface area contributed by atoms with E-state index in [-0.39, 0.29) is 0 Å². The molecule has 0 aliphatic heterocycles. The number of hydrogen-bond donors (Lipinski definition) is 1. The van der Waals surface area contributed by atoms with Crippen molar-refractivity contribution < 1.29 is 0 Å². The fourth-order valence-electron chi connectivity index (χ4n) is 1.75. The molecule has 1 atom stereocenters. The third kappa shape index (κ3) is 6.69. The van der Waals surface area contributed by atoms with Gasteiger partial charge in [-0.1, -0.05) is 39.8 Å². The first-order valence-corrected chi connectivity index (χ1v) is 6.13. The average Bonchev–Trinajstić information content (AvgIpc) is 2.15. The normalized spacial score (nSPS) is 13.5. The fraction of sp³-hybridized carbons (Fsp3) is 0.846. The summed E-state index contributed by atoms with van der Waals surface area (Å²) in [5.74, 6) is 0. The van der Waals surface area contributed by atoms with Crippen LogP contribution in [0.4, 0.5) is 0 Å². The molecule has 0 heterocycles. The molecular formula is C13H28N2. The summed E-state index contributed by atoms with van der Waals surface area (Å²) < 4.78 is 0. The minimum absolute atomic E-state index is 0.572. The standard InChI is InChI=1S/C13H28N2/c1-7-13(9-14-12(5)6)15(8-2)10-11(3)4/h12-14H,3,7-10H2,1-2,4-6H3. The maximum atomic E-state index is 3.99. The molecular weight excluding hydrogens is 184 g/mol. The number of nitrogens with zero attached hydrogens (tertiary/aromatic N) is 1. The molecule has 0 aromatic heterocycles. The fourth-order valence-corrected chi connectivity index (χ4v) is 1.75. The summed E-state index contributed by atoms with van der Waals surface area (Å²) in [5, 5.41) is 3.51. The number of likely N-dealkylation sites (N-methyl/N-ethyl adjacent to an activating group) is 1. The summed E-state index contributed by atoms with van der Waals surface area (Å²) in [6.45, 7) is 18.2. The van der Waals surface area contributed by atoms with Gasteiger partial charge >= 0.3 is 0 Å². The molecule has 0 saturated carbocycles. The Kier molecular flexibility index (Phi) is 7.71. The summed E-state index contributed by atoms with van der Waals surface area (Å²) >= 11 is 0. The molecule has 0 fully saturated rings. The van der Waals surface area contributed by atoms with E-state index >= 15 is 0 Å². The largest absolute Gasteiger partial charge is 0.313 e. The lowest BCUT2D eigenvalue weighted by atomic mass is 10.1. The highest BCUT2D eigenvalue weighted by molar-refractivity contribution is 4.93. The lowest BCUT2D eigenvalue weighted by molar-refractivity contribution is 0.209. The van der Waals surface area contributed by atoms with Crippen LogP contribution < -0.4 is 5.32 Å². The highest BCUT2D eigenvalue weighted by Crippen LogP contribution is 2.06. The van der Waals surface area contributed by atoms with Crippen molar-refractivity contribution in [1.29, 1.82) is 0 Å².